The molecule has 2 heterocycles. The second-order valence-corrected chi connectivity index (χ2v) is 7.01. The molecule has 3 amide bonds. The minimum atomic E-state index is -0.257. The third-order valence-corrected chi connectivity index (χ3v) is 4.14. The molecule has 0 saturated heterocycles. The fraction of sp³-hybridized carbons (Fsp3) is 0.312. The van der Waals surface area contributed by atoms with E-state index in [1.54, 1.807) is 23.2 Å². The van der Waals surface area contributed by atoms with Gasteiger partial charge in [-0.2, -0.15) is 5.10 Å². The van der Waals surface area contributed by atoms with Crippen molar-refractivity contribution in [2.75, 3.05) is 5.32 Å². The van der Waals surface area contributed by atoms with Crippen LogP contribution in [0, 0.1) is 0 Å². The van der Waals surface area contributed by atoms with Crippen molar-refractivity contribution in [3.63, 3.8) is 0 Å². The number of nitrogens with zero attached hydrogens (tertiary/aromatic N) is 2. The minimum absolute atomic E-state index is 0.0575. The fourth-order valence-electron chi connectivity index (χ4n) is 2.57. The molecule has 1 aromatic heterocycles. The molecule has 9 heteroatoms. The summed E-state index contributed by atoms with van der Waals surface area (Å²) in [4.78, 5) is 24.2. The van der Waals surface area contributed by atoms with Crippen molar-refractivity contribution in [1.82, 2.24) is 25.9 Å². The summed E-state index contributed by atoms with van der Waals surface area (Å²) in [5.41, 5.74) is 5.06. The molecule has 1 aromatic carbocycles. The first-order valence-electron chi connectivity index (χ1n) is 7.87. The first kappa shape index (κ1) is 17.4. The number of benzene rings is 1. The van der Waals surface area contributed by atoms with E-state index in [2.05, 4.69) is 42.2 Å². The molecule has 0 bridgehead atoms. The van der Waals surface area contributed by atoms with Gasteiger partial charge in [-0.05, 0) is 32.0 Å². The molecule has 132 valence electrons. The number of aromatic amines is 1. The molecular weight excluding hydrogens is 388 g/mol. The van der Waals surface area contributed by atoms with Gasteiger partial charge in [-0.3, -0.25) is 15.3 Å². The second kappa shape index (κ2) is 7.24. The number of hydrogen-bond donors (Lipinski definition) is 4. The Bertz CT molecular complexity index is 804. The van der Waals surface area contributed by atoms with Crippen LogP contribution in [0.25, 0.3) is 0 Å². The Morgan fingerprint density at radius 3 is 2.84 bits per heavy atom. The Morgan fingerprint density at radius 1 is 1.32 bits per heavy atom. The van der Waals surface area contributed by atoms with Crippen LogP contribution in [0.15, 0.2) is 28.7 Å². The number of amides is 3. The molecule has 0 unspecified atom stereocenters. The molecule has 3 rings (SSSR count). The van der Waals surface area contributed by atoms with Gasteiger partial charge in [-0.15, -0.1) is 0 Å². The first-order chi connectivity index (χ1) is 11.9. The van der Waals surface area contributed by atoms with Gasteiger partial charge in [0.15, 0.2) is 5.82 Å². The number of hydrogen-bond acceptors (Lipinski definition) is 4. The van der Waals surface area contributed by atoms with Crippen LogP contribution in [0.1, 0.15) is 35.5 Å². The van der Waals surface area contributed by atoms with Crippen molar-refractivity contribution < 1.29 is 9.59 Å². The zero-order chi connectivity index (χ0) is 18.0. The van der Waals surface area contributed by atoms with E-state index >= 15 is 0 Å². The van der Waals surface area contributed by atoms with Crippen LogP contribution < -0.4 is 16.1 Å². The van der Waals surface area contributed by atoms with E-state index in [4.69, 9.17) is 0 Å². The average Bonchev–Trinajstić information content (AvgIpc) is 3.07. The number of anilines is 1. The Morgan fingerprint density at radius 2 is 2.12 bits per heavy atom. The Hall–Kier alpha value is -2.39. The highest BCUT2D eigenvalue weighted by Crippen LogP contribution is 2.26. The Balaban J connectivity index is 1.64. The molecule has 2 aromatic rings. The number of hydrazine groups is 1. The third kappa shape index (κ3) is 4.18. The fourth-order valence-corrected chi connectivity index (χ4v) is 2.97. The van der Waals surface area contributed by atoms with Gasteiger partial charge in [0.25, 0.3) is 5.91 Å². The number of rotatable bonds is 4. The number of carbonyl (C=O) groups excluding carboxylic acids is 2. The van der Waals surface area contributed by atoms with Gasteiger partial charge in [-0.25, -0.2) is 9.80 Å². The molecule has 0 aliphatic carbocycles. The van der Waals surface area contributed by atoms with Crippen LogP contribution in [0.5, 0.6) is 0 Å². The second-order valence-electron chi connectivity index (χ2n) is 6.09. The summed E-state index contributed by atoms with van der Waals surface area (Å²) in [6, 6.07) is 6.93. The van der Waals surface area contributed by atoms with Crippen LogP contribution in [0.4, 0.5) is 10.6 Å². The van der Waals surface area contributed by atoms with Crippen LogP contribution >= 0.6 is 15.9 Å². The van der Waals surface area contributed by atoms with Crippen molar-refractivity contribution in [3.05, 3.63) is 45.6 Å². The third-order valence-electron chi connectivity index (χ3n) is 3.65. The van der Waals surface area contributed by atoms with Crippen molar-refractivity contribution in [3.8, 4) is 0 Å². The van der Waals surface area contributed by atoms with E-state index in [0.29, 0.717) is 24.5 Å². The van der Waals surface area contributed by atoms with Crippen molar-refractivity contribution >= 4 is 33.7 Å². The lowest BCUT2D eigenvalue weighted by molar-refractivity contribution is 0.102. The number of aromatic nitrogens is 2. The van der Waals surface area contributed by atoms with E-state index in [1.165, 1.54) is 0 Å². The minimum Gasteiger partial charge on any atom is -0.335 e. The maximum Gasteiger partial charge on any atom is 0.329 e. The molecule has 1 aliphatic rings. The van der Waals surface area contributed by atoms with Crippen LogP contribution in [0.3, 0.4) is 0 Å². The van der Waals surface area contributed by atoms with Crippen molar-refractivity contribution in [2.24, 2.45) is 0 Å². The Kier molecular flexibility index (Phi) is 5.05. The topological polar surface area (TPSA) is 102 Å². The number of halogens is 1. The van der Waals surface area contributed by atoms with E-state index in [0.717, 1.165) is 15.7 Å². The summed E-state index contributed by atoms with van der Waals surface area (Å²) in [6.07, 6.45) is 0. The lowest BCUT2D eigenvalue weighted by Gasteiger charge is -2.18. The summed E-state index contributed by atoms with van der Waals surface area (Å²) in [7, 11) is 0. The highest BCUT2D eigenvalue weighted by Gasteiger charge is 2.27. The molecule has 0 fully saturated rings. The van der Waals surface area contributed by atoms with Crippen molar-refractivity contribution in [2.45, 2.75) is 33.0 Å². The van der Waals surface area contributed by atoms with Gasteiger partial charge < -0.3 is 10.6 Å². The van der Waals surface area contributed by atoms with Crippen LogP contribution in [0.2, 0.25) is 0 Å². The van der Waals surface area contributed by atoms with Gasteiger partial charge in [0.05, 0.1) is 12.2 Å². The lowest BCUT2D eigenvalue weighted by atomic mass is 10.2. The molecule has 25 heavy (non-hydrogen) atoms. The smallest absolute Gasteiger partial charge is 0.329 e. The monoisotopic (exact) mass is 406 g/mol. The van der Waals surface area contributed by atoms with E-state index in [9.17, 15) is 9.59 Å². The highest BCUT2D eigenvalue weighted by molar-refractivity contribution is 9.10. The standard InChI is InChI=1S/C16H19BrN6O2/c1-9(2)18-16(25)22-23-7-12-13(8-23)20-21-14(12)19-15(24)10-4-3-5-11(17)6-10/h3-6,9H,7-8H2,1-2H3,(H2,18,22,25)(H2,19,20,21,24). The maximum absolute atomic E-state index is 12.4. The van der Waals surface area contributed by atoms with Crippen molar-refractivity contribution in [1.29, 1.82) is 0 Å². The van der Waals surface area contributed by atoms with Gasteiger partial charge >= 0.3 is 6.03 Å². The van der Waals surface area contributed by atoms with Crippen LogP contribution in [-0.4, -0.2) is 33.2 Å². The van der Waals surface area contributed by atoms with E-state index < -0.39 is 0 Å². The molecule has 0 atom stereocenters. The molecular formula is C16H19BrN6O2. The molecule has 0 saturated carbocycles. The molecule has 1 aliphatic heterocycles. The highest BCUT2D eigenvalue weighted by atomic mass is 79.9. The number of urea groups is 1. The predicted octanol–water partition coefficient (Wildman–Crippen LogP) is 2.36. The van der Waals surface area contributed by atoms with E-state index in [-0.39, 0.29) is 18.0 Å². The number of fused-ring (bicyclic) bond motifs is 1. The summed E-state index contributed by atoms with van der Waals surface area (Å²) in [6.45, 7) is 4.75. The van der Waals surface area contributed by atoms with Crippen LogP contribution in [-0.2, 0) is 13.1 Å². The summed E-state index contributed by atoms with van der Waals surface area (Å²) in [5.74, 6) is 0.244. The van der Waals surface area contributed by atoms with Gasteiger partial charge in [-0.1, -0.05) is 22.0 Å². The summed E-state index contributed by atoms with van der Waals surface area (Å²) >= 11 is 3.35. The zero-order valence-corrected chi connectivity index (χ0v) is 15.5. The molecule has 4 N–H and O–H groups in total. The predicted molar refractivity (Wildman–Crippen MR) is 96.7 cm³/mol. The SMILES string of the molecule is CC(C)NC(=O)NN1Cc2[nH]nc(NC(=O)c3cccc(Br)c3)c2C1. The lowest BCUT2D eigenvalue weighted by Crippen LogP contribution is -2.46. The zero-order valence-electron chi connectivity index (χ0n) is 13.9. The summed E-state index contributed by atoms with van der Waals surface area (Å²) in [5, 5.41) is 14.4. The van der Waals surface area contributed by atoms with Gasteiger partial charge in [0, 0.05) is 28.2 Å². The number of H-pyrrole nitrogens is 1. The van der Waals surface area contributed by atoms with E-state index in [1.807, 2.05) is 19.9 Å². The molecule has 8 nitrogen and oxygen atoms in total. The van der Waals surface area contributed by atoms with Gasteiger partial charge in [0.1, 0.15) is 0 Å². The first-order valence-corrected chi connectivity index (χ1v) is 8.67. The summed E-state index contributed by atoms with van der Waals surface area (Å²) < 4.78 is 0.832. The average molecular weight is 407 g/mol. The van der Waals surface area contributed by atoms with Gasteiger partial charge in [0.2, 0.25) is 0 Å². The maximum atomic E-state index is 12.4. The number of carbonyl (C=O) groups is 2. The normalized spacial score (nSPS) is 13.6. The quantitative estimate of drug-likeness (QED) is 0.625. The largest absolute Gasteiger partial charge is 0.335 e. The Labute approximate surface area is 153 Å². The number of nitrogens with one attached hydrogen (secondary N) is 4. The molecule has 0 radical (unpaired) electrons. The molecule has 0 spiro atoms.